The second kappa shape index (κ2) is 7.80. The Bertz CT molecular complexity index is 659. The van der Waals surface area contributed by atoms with Crippen LogP contribution in [0.3, 0.4) is 0 Å². The third-order valence-corrected chi connectivity index (χ3v) is 4.30. The second-order valence-electron chi connectivity index (χ2n) is 7.20. The van der Waals surface area contributed by atoms with Gasteiger partial charge in [0.2, 0.25) is 0 Å². The maximum Gasteiger partial charge on any atom is 0.123 e. The summed E-state index contributed by atoms with van der Waals surface area (Å²) in [4.78, 5) is 0. The summed E-state index contributed by atoms with van der Waals surface area (Å²) in [7, 11) is 0. The van der Waals surface area contributed by atoms with E-state index in [2.05, 4.69) is 32.9 Å². The van der Waals surface area contributed by atoms with Crippen molar-refractivity contribution in [3.05, 3.63) is 65.0 Å². The van der Waals surface area contributed by atoms with E-state index in [1.165, 1.54) is 17.7 Å². The molecule has 2 nitrogen and oxygen atoms in total. The topological polar surface area (TPSA) is 35.2 Å². The van der Waals surface area contributed by atoms with E-state index in [1.807, 2.05) is 25.1 Å². The van der Waals surface area contributed by atoms with E-state index < -0.39 is 0 Å². The highest BCUT2D eigenvalue weighted by atomic mass is 19.1. The quantitative estimate of drug-likeness (QED) is 0.825. The molecule has 2 aromatic carbocycles. The zero-order valence-electron chi connectivity index (χ0n) is 15.1. The Balaban J connectivity index is 2.38. The Morgan fingerprint density at radius 2 is 1.75 bits per heavy atom. The standard InChI is InChI=1S/C21H28FNO/c1-5-24-20-11-8-17(21(2,3)4)13-19(20)16(14-23)12-15-6-9-18(22)10-7-15/h6-11,13,16H,5,12,14,23H2,1-4H3. The van der Waals surface area contributed by atoms with E-state index in [4.69, 9.17) is 10.5 Å². The number of hydrogen-bond acceptors (Lipinski definition) is 2. The monoisotopic (exact) mass is 329 g/mol. The third-order valence-electron chi connectivity index (χ3n) is 4.30. The van der Waals surface area contributed by atoms with Gasteiger partial charge in [0.15, 0.2) is 0 Å². The first kappa shape index (κ1) is 18.5. The minimum Gasteiger partial charge on any atom is -0.494 e. The van der Waals surface area contributed by atoms with Gasteiger partial charge in [-0.25, -0.2) is 4.39 Å². The molecule has 24 heavy (non-hydrogen) atoms. The van der Waals surface area contributed by atoms with Gasteiger partial charge in [0.25, 0.3) is 0 Å². The van der Waals surface area contributed by atoms with Gasteiger partial charge in [-0.1, -0.05) is 45.0 Å². The Kier molecular flexibility index (Phi) is 6.00. The highest BCUT2D eigenvalue weighted by molar-refractivity contribution is 5.43. The van der Waals surface area contributed by atoms with E-state index in [1.54, 1.807) is 0 Å². The molecule has 0 aliphatic rings. The molecule has 2 aromatic rings. The smallest absolute Gasteiger partial charge is 0.123 e. The van der Waals surface area contributed by atoms with Crippen molar-refractivity contribution in [2.24, 2.45) is 5.73 Å². The van der Waals surface area contributed by atoms with Gasteiger partial charge in [0.1, 0.15) is 11.6 Å². The summed E-state index contributed by atoms with van der Waals surface area (Å²) >= 11 is 0. The summed E-state index contributed by atoms with van der Waals surface area (Å²) in [6.45, 7) is 9.72. The fraction of sp³-hybridized carbons (Fsp3) is 0.429. The van der Waals surface area contributed by atoms with Crippen LogP contribution >= 0.6 is 0 Å². The molecule has 0 spiro atoms. The van der Waals surface area contributed by atoms with Crippen molar-refractivity contribution in [2.75, 3.05) is 13.2 Å². The van der Waals surface area contributed by atoms with Crippen LogP contribution in [0.2, 0.25) is 0 Å². The van der Waals surface area contributed by atoms with Crippen molar-refractivity contribution >= 4 is 0 Å². The summed E-state index contributed by atoms with van der Waals surface area (Å²) in [5.74, 6) is 0.815. The average molecular weight is 329 g/mol. The third kappa shape index (κ3) is 4.57. The number of hydrogen-bond donors (Lipinski definition) is 1. The summed E-state index contributed by atoms with van der Waals surface area (Å²) in [6.07, 6.45) is 0.768. The van der Waals surface area contributed by atoms with Gasteiger partial charge in [0, 0.05) is 5.92 Å². The molecule has 0 fully saturated rings. The second-order valence-corrected chi connectivity index (χ2v) is 7.20. The molecule has 0 saturated carbocycles. The molecular formula is C21H28FNO. The van der Waals surface area contributed by atoms with Crippen LogP contribution in [0.1, 0.15) is 50.3 Å². The van der Waals surface area contributed by atoms with Crippen LogP contribution in [0, 0.1) is 5.82 Å². The zero-order valence-corrected chi connectivity index (χ0v) is 15.1. The predicted molar refractivity (Wildman–Crippen MR) is 98.2 cm³/mol. The van der Waals surface area contributed by atoms with Crippen molar-refractivity contribution in [3.8, 4) is 5.75 Å². The number of nitrogens with two attached hydrogens (primary N) is 1. The molecule has 2 N–H and O–H groups in total. The van der Waals surface area contributed by atoms with E-state index in [0.29, 0.717) is 13.2 Å². The van der Waals surface area contributed by atoms with Crippen LogP contribution in [-0.2, 0) is 11.8 Å². The lowest BCUT2D eigenvalue weighted by Crippen LogP contribution is -2.18. The summed E-state index contributed by atoms with van der Waals surface area (Å²) in [5.41, 5.74) is 9.62. The van der Waals surface area contributed by atoms with E-state index in [0.717, 1.165) is 23.3 Å². The summed E-state index contributed by atoms with van der Waals surface area (Å²) < 4.78 is 19.0. The van der Waals surface area contributed by atoms with Crippen LogP contribution in [0.25, 0.3) is 0 Å². The van der Waals surface area contributed by atoms with Gasteiger partial charge in [-0.05, 0) is 60.2 Å². The normalized spacial score (nSPS) is 12.9. The highest BCUT2D eigenvalue weighted by Crippen LogP contribution is 2.34. The fourth-order valence-corrected chi connectivity index (χ4v) is 2.85. The number of benzene rings is 2. The van der Waals surface area contributed by atoms with Crippen LogP contribution < -0.4 is 10.5 Å². The lowest BCUT2D eigenvalue weighted by molar-refractivity contribution is 0.333. The zero-order chi connectivity index (χ0) is 17.7. The van der Waals surface area contributed by atoms with E-state index >= 15 is 0 Å². The minimum atomic E-state index is -0.215. The van der Waals surface area contributed by atoms with E-state index in [9.17, 15) is 4.39 Å². The number of rotatable bonds is 6. The lowest BCUT2D eigenvalue weighted by Gasteiger charge is -2.25. The Morgan fingerprint density at radius 1 is 1.08 bits per heavy atom. The Labute approximate surface area is 144 Å². The van der Waals surface area contributed by atoms with Crippen molar-refractivity contribution in [2.45, 2.75) is 45.4 Å². The Hall–Kier alpha value is -1.87. The molecule has 0 aliphatic heterocycles. The molecule has 0 bridgehead atoms. The SMILES string of the molecule is CCOc1ccc(C(C)(C)C)cc1C(CN)Cc1ccc(F)cc1. The van der Waals surface area contributed by atoms with Crippen molar-refractivity contribution in [1.82, 2.24) is 0 Å². The molecule has 0 radical (unpaired) electrons. The largest absolute Gasteiger partial charge is 0.494 e. The maximum atomic E-state index is 13.1. The van der Waals surface area contributed by atoms with Gasteiger partial charge in [0.05, 0.1) is 6.61 Å². The first-order chi connectivity index (χ1) is 11.3. The fourth-order valence-electron chi connectivity index (χ4n) is 2.85. The van der Waals surface area contributed by atoms with E-state index in [-0.39, 0.29) is 17.2 Å². The molecular weight excluding hydrogens is 301 g/mol. The van der Waals surface area contributed by atoms with Crippen LogP contribution in [0.4, 0.5) is 4.39 Å². The molecule has 0 heterocycles. The van der Waals surface area contributed by atoms with Crippen molar-refractivity contribution in [3.63, 3.8) is 0 Å². The van der Waals surface area contributed by atoms with Crippen molar-refractivity contribution < 1.29 is 9.13 Å². The minimum absolute atomic E-state index is 0.0640. The molecule has 1 unspecified atom stereocenters. The molecule has 0 saturated heterocycles. The first-order valence-corrected chi connectivity index (χ1v) is 8.57. The highest BCUT2D eigenvalue weighted by Gasteiger charge is 2.20. The summed E-state index contributed by atoms with van der Waals surface area (Å²) in [6, 6.07) is 13.0. The molecule has 0 amide bonds. The number of halogens is 1. The van der Waals surface area contributed by atoms with Crippen LogP contribution in [0.15, 0.2) is 42.5 Å². The van der Waals surface area contributed by atoms with Gasteiger partial charge in [-0.15, -0.1) is 0 Å². The lowest BCUT2D eigenvalue weighted by atomic mass is 9.83. The van der Waals surface area contributed by atoms with Gasteiger partial charge in [-0.2, -0.15) is 0 Å². The Morgan fingerprint density at radius 3 is 2.29 bits per heavy atom. The molecule has 2 rings (SSSR count). The van der Waals surface area contributed by atoms with Crippen molar-refractivity contribution in [1.29, 1.82) is 0 Å². The van der Waals surface area contributed by atoms with Gasteiger partial charge < -0.3 is 10.5 Å². The van der Waals surface area contributed by atoms with Crippen LogP contribution in [0.5, 0.6) is 5.75 Å². The van der Waals surface area contributed by atoms with Gasteiger partial charge >= 0.3 is 0 Å². The molecule has 3 heteroatoms. The van der Waals surface area contributed by atoms with Gasteiger partial charge in [-0.3, -0.25) is 0 Å². The first-order valence-electron chi connectivity index (χ1n) is 8.57. The van der Waals surface area contributed by atoms with Crippen LogP contribution in [-0.4, -0.2) is 13.2 Å². The molecule has 0 aromatic heterocycles. The summed E-state index contributed by atoms with van der Waals surface area (Å²) in [5, 5.41) is 0. The molecule has 1 atom stereocenters. The molecule has 0 aliphatic carbocycles. The maximum absolute atomic E-state index is 13.1. The number of ether oxygens (including phenoxy) is 1. The predicted octanol–water partition coefficient (Wildman–Crippen LogP) is 4.81. The molecule has 130 valence electrons. The average Bonchev–Trinajstić information content (AvgIpc) is 2.54.